The van der Waals surface area contributed by atoms with Gasteiger partial charge in [0.1, 0.15) is 28.7 Å². The van der Waals surface area contributed by atoms with Crippen LogP contribution in [-0.2, 0) is 13.1 Å². The smallest absolute Gasteiger partial charge is 0.354 e. The molecule has 1 amide bonds. The molecule has 6 N–H and O–H groups in total. The van der Waals surface area contributed by atoms with E-state index in [1.54, 1.807) is 110 Å². The lowest BCUT2D eigenvalue weighted by atomic mass is 10.1. The first kappa shape index (κ1) is 58.3. The molecular weight excluding hydrogens is 1050 g/mol. The molecule has 83 heavy (non-hydrogen) atoms. The van der Waals surface area contributed by atoms with E-state index >= 15 is 0 Å². The minimum absolute atomic E-state index is 0.0302. The Bertz CT molecular complexity index is 3960. The number of anilines is 2. The van der Waals surface area contributed by atoms with Gasteiger partial charge in [0.25, 0.3) is 5.91 Å². The molecule has 6 heterocycles. The molecule has 420 valence electrons. The number of nitrogen functional groups attached to an aromatic ring is 2. The summed E-state index contributed by atoms with van der Waals surface area (Å²) in [6.07, 6.45) is 12.5. The van der Waals surface area contributed by atoms with Crippen molar-refractivity contribution in [1.82, 2.24) is 49.7 Å². The number of amides is 1. The van der Waals surface area contributed by atoms with Crippen LogP contribution < -0.4 is 35.7 Å². The molecule has 0 spiro atoms. The Balaban J connectivity index is 0.000000181. The number of nitrogens with zero attached hydrogens (tertiary/aromatic N) is 11. The van der Waals surface area contributed by atoms with Crippen molar-refractivity contribution >= 4 is 45.1 Å². The van der Waals surface area contributed by atoms with Gasteiger partial charge in [-0.05, 0) is 97.2 Å². The van der Waals surface area contributed by atoms with Crippen LogP contribution in [0.5, 0.6) is 23.0 Å². The van der Waals surface area contributed by atoms with Crippen LogP contribution in [0.4, 0.5) is 11.4 Å². The monoisotopic (exact) mass is 1110 g/mol. The second kappa shape index (κ2) is 28.3. The zero-order valence-corrected chi connectivity index (χ0v) is 46.1. The number of aromatic carboxylic acids is 1. The van der Waals surface area contributed by atoms with E-state index in [1.807, 2.05) is 84.9 Å². The van der Waals surface area contributed by atoms with E-state index in [4.69, 9.17) is 51.0 Å². The number of carboxylic acids is 1. The number of pyridine rings is 4. The summed E-state index contributed by atoms with van der Waals surface area (Å²) >= 11 is 0. The Morgan fingerprint density at radius 3 is 1.63 bits per heavy atom. The molecule has 0 fully saturated rings. The highest BCUT2D eigenvalue weighted by atomic mass is 16.5. The minimum atomic E-state index is -1.08. The number of unbranched alkanes of at least 4 members (excludes halogenated alkanes) is 2. The fraction of sp³-hybridized carbons (Fsp3) is 0.194. The molecule has 10 aromatic rings. The summed E-state index contributed by atoms with van der Waals surface area (Å²) in [5.74, 6) is 2.48. The quantitative estimate of drug-likeness (QED) is 0.0516. The maximum Gasteiger partial charge on any atom is 0.354 e. The molecule has 4 aromatic carbocycles. The highest BCUT2D eigenvalue weighted by molar-refractivity contribution is 5.93. The average Bonchev–Trinajstić information content (AvgIpc) is 4.38. The molecule has 0 saturated heterocycles. The molecule has 0 radical (unpaired) electrons. The fourth-order valence-electron chi connectivity index (χ4n) is 8.78. The number of aromatic nitrogens is 8. The third kappa shape index (κ3) is 14.9. The number of carbonyl (C=O) groups is 2. The second-order valence-electron chi connectivity index (χ2n) is 18.5. The second-order valence-corrected chi connectivity index (χ2v) is 18.5. The first-order valence-electron chi connectivity index (χ1n) is 26.1. The van der Waals surface area contributed by atoms with Gasteiger partial charge >= 0.3 is 5.97 Å². The van der Waals surface area contributed by atoms with Gasteiger partial charge in [0.15, 0.2) is 17.3 Å². The predicted molar refractivity (Wildman–Crippen MR) is 315 cm³/mol. The Labute approximate surface area is 478 Å². The third-order valence-corrected chi connectivity index (χ3v) is 13.0. The van der Waals surface area contributed by atoms with Crippen LogP contribution in [0.15, 0.2) is 159 Å². The fourth-order valence-corrected chi connectivity index (χ4v) is 8.78. The first-order chi connectivity index (χ1) is 40.4. The molecule has 10 rings (SSSR count). The first-order valence-corrected chi connectivity index (χ1v) is 26.1. The van der Waals surface area contributed by atoms with Crippen LogP contribution in [-0.4, -0.2) is 103 Å². The zero-order chi connectivity index (χ0) is 58.7. The summed E-state index contributed by atoms with van der Waals surface area (Å²) in [6.45, 7) is 2.24. The van der Waals surface area contributed by atoms with Gasteiger partial charge < -0.3 is 45.7 Å². The van der Waals surface area contributed by atoms with Crippen molar-refractivity contribution in [1.29, 1.82) is 10.5 Å². The van der Waals surface area contributed by atoms with E-state index in [0.717, 1.165) is 86.2 Å². The van der Waals surface area contributed by atoms with Crippen LogP contribution in [0.1, 0.15) is 57.8 Å². The van der Waals surface area contributed by atoms with Gasteiger partial charge in [0.2, 0.25) is 0 Å². The Kier molecular flexibility index (Phi) is 19.9. The lowest BCUT2D eigenvalue weighted by Gasteiger charge is -2.23. The van der Waals surface area contributed by atoms with Crippen molar-refractivity contribution in [2.45, 2.75) is 38.8 Å². The number of nitriles is 2. The number of carboxylic acid groups (broad SMARTS) is 1. The van der Waals surface area contributed by atoms with Crippen molar-refractivity contribution in [3.05, 3.63) is 181 Å². The number of ether oxygens (including phenoxy) is 4. The normalized spacial score (nSPS) is 10.6. The highest BCUT2D eigenvalue weighted by Gasteiger charge is 2.21. The molecule has 0 atom stereocenters. The maximum atomic E-state index is 13.8. The largest absolute Gasteiger partial charge is 0.497 e. The number of carbonyl (C=O) groups excluding carboxylic acids is 1. The number of hydrogen-bond acceptors (Lipinski definition) is 17. The van der Waals surface area contributed by atoms with Crippen LogP contribution in [0.25, 0.3) is 55.7 Å². The number of methoxy groups -OCH3 is 4. The van der Waals surface area contributed by atoms with Crippen molar-refractivity contribution < 1.29 is 33.6 Å². The van der Waals surface area contributed by atoms with Crippen LogP contribution >= 0.6 is 0 Å². The minimum Gasteiger partial charge on any atom is -0.497 e. The van der Waals surface area contributed by atoms with Crippen molar-refractivity contribution in [3.8, 4) is 69.0 Å². The number of benzene rings is 4. The van der Waals surface area contributed by atoms with E-state index in [9.17, 15) is 9.59 Å². The zero-order valence-electron chi connectivity index (χ0n) is 46.1. The van der Waals surface area contributed by atoms with E-state index in [-0.39, 0.29) is 23.8 Å². The summed E-state index contributed by atoms with van der Waals surface area (Å²) in [5.41, 5.74) is 20.3. The molecule has 0 aliphatic heterocycles. The van der Waals surface area contributed by atoms with Crippen LogP contribution in [0.3, 0.4) is 0 Å². The molecule has 0 aliphatic rings. The summed E-state index contributed by atoms with van der Waals surface area (Å²) < 4.78 is 24.6. The number of hydrogen-bond donors (Lipinski definition) is 4. The van der Waals surface area contributed by atoms with Gasteiger partial charge in [-0.1, -0.05) is 42.5 Å². The van der Waals surface area contributed by atoms with Gasteiger partial charge in [-0.3, -0.25) is 14.8 Å². The molecule has 21 nitrogen and oxygen atoms in total. The van der Waals surface area contributed by atoms with Gasteiger partial charge in [-0.25, -0.2) is 24.1 Å². The van der Waals surface area contributed by atoms with Crippen LogP contribution in [0.2, 0.25) is 0 Å². The summed E-state index contributed by atoms with van der Waals surface area (Å²) in [5, 5.41) is 40.6. The molecule has 0 saturated carbocycles. The number of fused-ring (bicyclic) bond motifs is 2. The van der Waals surface area contributed by atoms with Crippen molar-refractivity contribution in [2.24, 2.45) is 0 Å². The summed E-state index contributed by atoms with van der Waals surface area (Å²) in [6, 6.07) is 41.1. The third-order valence-electron chi connectivity index (χ3n) is 13.0. The molecule has 6 aromatic heterocycles. The molecule has 0 unspecified atom stereocenters. The van der Waals surface area contributed by atoms with Gasteiger partial charge in [-0.2, -0.15) is 20.7 Å². The number of nitrogens with one attached hydrogen (secondary N) is 1. The van der Waals surface area contributed by atoms with E-state index in [1.165, 1.54) is 6.07 Å². The highest BCUT2D eigenvalue weighted by Crippen LogP contribution is 2.30. The van der Waals surface area contributed by atoms with Crippen molar-refractivity contribution in [3.63, 3.8) is 0 Å². The summed E-state index contributed by atoms with van der Waals surface area (Å²) in [4.78, 5) is 43.8. The average molecular weight is 1110 g/mol. The van der Waals surface area contributed by atoms with Gasteiger partial charge in [0, 0.05) is 102 Å². The SMILES string of the molecule is COc1ccc(CN(CCCC#N)C(=O)c2cccc(-n3ncc4ccc(-c5cncc(N)c5)cc43)n2)c(OC)c1.COc1ccc(CNCCCC#N)c(OC)c1.Nc1cncc(-c2ccc3cnn(-c4cccc(C(=O)O)n4)c3c2)c1. The van der Waals surface area contributed by atoms with Gasteiger partial charge in [-0.15, -0.1) is 0 Å². The standard InChI is InChI=1S/C31H29N7O3.C18H13N5O2.C13H18N2O2/c1-40-26-11-10-23(29(16-26)41-2)20-37(13-4-3-12-32)31(39)27-6-5-7-30(36-27)38-28-15-21(8-9-22(28)18-35-38)24-14-25(33)19-34-17-24;19-14-6-13(8-20-10-14)11-4-5-12-9-21-23(16(12)7-11)17-3-1-2-15(22-17)18(24)25;1-16-12-6-5-11(13(9-12)17-2)10-15-8-4-3-7-14/h5-11,14-19H,3-4,13,20,33H2,1-2H3;1-10H,19H2,(H,24,25);5-6,9,15H,3-4,8,10H2,1-2H3. The van der Waals surface area contributed by atoms with Crippen LogP contribution in [0, 0.1) is 22.7 Å². The Morgan fingerprint density at radius 2 is 1.11 bits per heavy atom. The lowest BCUT2D eigenvalue weighted by molar-refractivity contribution is 0.0688. The Hall–Kier alpha value is -10.9. The number of nitrogens with two attached hydrogens (primary N) is 2. The van der Waals surface area contributed by atoms with E-state index < -0.39 is 5.97 Å². The van der Waals surface area contributed by atoms with E-state index in [0.29, 0.717) is 60.3 Å². The topological polar surface area (TPSA) is 293 Å². The summed E-state index contributed by atoms with van der Waals surface area (Å²) in [7, 11) is 6.44. The Morgan fingerprint density at radius 1 is 0.590 bits per heavy atom. The molecule has 21 heteroatoms. The predicted octanol–water partition coefficient (Wildman–Crippen LogP) is 9.89. The molecule has 0 aliphatic carbocycles. The molecular formula is C62H60N14O7. The number of rotatable bonds is 20. The van der Waals surface area contributed by atoms with Gasteiger partial charge in [0.05, 0.1) is 75.4 Å². The van der Waals surface area contributed by atoms with Crippen molar-refractivity contribution in [2.75, 3.05) is 53.0 Å². The maximum absolute atomic E-state index is 13.8. The lowest BCUT2D eigenvalue weighted by Crippen LogP contribution is -2.32. The van der Waals surface area contributed by atoms with E-state index in [2.05, 4.69) is 42.6 Å². The molecule has 0 bridgehead atoms.